The Morgan fingerprint density at radius 2 is 1.82 bits per heavy atom. The van der Waals surface area contributed by atoms with Crippen LogP contribution < -0.4 is 5.73 Å². The SMILES string of the molecule is Nc1ccc(-c2noc(-c3ccon3)n2)cc1. The van der Waals surface area contributed by atoms with Crippen molar-refractivity contribution >= 4 is 5.69 Å². The summed E-state index contributed by atoms with van der Waals surface area (Å²) >= 11 is 0. The van der Waals surface area contributed by atoms with E-state index in [1.807, 2.05) is 12.1 Å². The molecule has 84 valence electrons. The predicted octanol–water partition coefficient (Wildman–Crippen LogP) is 1.97. The van der Waals surface area contributed by atoms with Crippen LogP contribution in [0.1, 0.15) is 0 Å². The maximum absolute atomic E-state index is 5.60. The summed E-state index contributed by atoms with van der Waals surface area (Å²) in [6.45, 7) is 0. The maximum Gasteiger partial charge on any atom is 0.280 e. The first-order chi connectivity index (χ1) is 8.33. The molecule has 0 atom stereocenters. The molecule has 0 amide bonds. The molecule has 0 spiro atoms. The highest BCUT2D eigenvalue weighted by molar-refractivity contribution is 5.60. The van der Waals surface area contributed by atoms with Gasteiger partial charge in [0.05, 0.1) is 0 Å². The van der Waals surface area contributed by atoms with Crippen LogP contribution >= 0.6 is 0 Å². The van der Waals surface area contributed by atoms with Crippen LogP contribution in [0, 0.1) is 0 Å². The molecule has 2 aromatic heterocycles. The predicted molar refractivity (Wildman–Crippen MR) is 59.6 cm³/mol. The molecule has 0 saturated carbocycles. The summed E-state index contributed by atoms with van der Waals surface area (Å²) in [5.41, 5.74) is 7.63. The molecule has 17 heavy (non-hydrogen) atoms. The number of nitrogens with zero attached hydrogens (tertiary/aromatic N) is 3. The fourth-order valence-corrected chi connectivity index (χ4v) is 1.40. The zero-order valence-electron chi connectivity index (χ0n) is 8.70. The third-order valence-electron chi connectivity index (χ3n) is 2.25. The van der Waals surface area contributed by atoms with Gasteiger partial charge in [0, 0.05) is 17.3 Å². The van der Waals surface area contributed by atoms with Crippen LogP contribution in [0.4, 0.5) is 5.69 Å². The Hall–Kier alpha value is -2.63. The molecule has 6 heteroatoms. The molecule has 6 nitrogen and oxygen atoms in total. The van der Waals surface area contributed by atoms with Crippen LogP contribution in [0.3, 0.4) is 0 Å². The van der Waals surface area contributed by atoms with Gasteiger partial charge in [0.25, 0.3) is 5.89 Å². The zero-order valence-corrected chi connectivity index (χ0v) is 8.70. The van der Waals surface area contributed by atoms with Crippen molar-refractivity contribution < 1.29 is 9.05 Å². The minimum atomic E-state index is 0.325. The molecule has 2 N–H and O–H groups in total. The van der Waals surface area contributed by atoms with E-state index in [9.17, 15) is 0 Å². The number of hydrogen-bond acceptors (Lipinski definition) is 6. The summed E-state index contributed by atoms with van der Waals surface area (Å²) < 4.78 is 9.78. The van der Waals surface area contributed by atoms with Crippen molar-refractivity contribution in [2.45, 2.75) is 0 Å². The second-order valence-electron chi connectivity index (χ2n) is 3.43. The Kier molecular flexibility index (Phi) is 2.11. The number of nitrogens with two attached hydrogens (primary N) is 1. The lowest BCUT2D eigenvalue weighted by atomic mass is 10.2. The van der Waals surface area contributed by atoms with E-state index < -0.39 is 0 Å². The summed E-state index contributed by atoms with van der Waals surface area (Å²) in [5.74, 6) is 0.813. The van der Waals surface area contributed by atoms with Crippen LogP contribution in [0.5, 0.6) is 0 Å². The number of benzene rings is 1. The van der Waals surface area contributed by atoms with Crippen molar-refractivity contribution in [1.29, 1.82) is 0 Å². The second kappa shape index (κ2) is 3.75. The second-order valence-corrected chi connectivity index (χ2v) is 3.43. The number of nitrogen functional groups attached to an aromatic ring is 1. The summed E-state index contributed by atoms with van der Waals surface area (Å²) in [6.07, 6.45) is 1.45. The minimum Gasteiger partial charge on any atom is -0.399 e. The van der Waals surface area contributed by atoms with E-state index >= 15 is 0 Å². The first kappa shape index (κ1) is 9.59. The topological polar surface area (TPSA) is 91.0 Å². The lowest BCUT2D eigenvalue weighted by Gasteiger charge is -1.94. The summed E-state index contributed by atoms with van der Waals surface area (Å²) in [6, 6.07) is 8.86. The highest BCUT2D eigenvalue weighted by atomic mass is 16.5. The molecular formula is C11H8N4O2. The standard InChI is InChI=1S/C11H8N4O2/c12-8-3-1-7(2-4-8)10-13-11(17-15-10)9-5-6-16-14-9/h1-6H,12H2. The molecule has 3 aromatic rings. The average Bonchev–Trinajstić information content (AvgIpc) is 3.00. The largest absolute Gasteiger partial charge is 0.399 e. The molecule has 0 aliphatic rings. The van der Waals surface area contributed by atoms with Gasteiger partial charge in [-0.25, -0.2) is 0 Å². The molecule has 0 saturated heterocycles. The summed E-state index contributed by atoms with van der Waals surface area (Å²) in [4.78, 5) is 4.21. The fourth-order valence-electron chi connectivity index (χ4n) is 1.40. The maximum atomic E-state index is 5.60. The van der Waals surface area contributed by atoms with Crippen molar-refractivity contribution in [2.75, 3.05) is 5.73 Å². The van der Waals surface area contributed by atoms with E-state index in [-0.39, 0.29) is 0 Å². The zero-order chi connectivity index (χ0) is 11.7. The Bertz CT molecular complexity index is 613. The molecule has 2 heterocycles. The van der Waals surface area contributed by atoms with Gasteiger partial charge < -0.3 is 14.8 Å². The fraction of sp³-hybridized carbons (Fsp3) is 0. The number of hydrogen-bond donors (Lipinski definition) is 1. The monoisotopic (exact) mass is 228 g/mol. The molecule has 0 radical (unpaired) electrons. The Labute approximate surface area is 96.0 Å². The third kappa shape index (κ3) is 1.76. The first-order valence-corrected chi connectivity index (χ1v) is 4.93. The Balaban J connectivity index is 1.98. The Morgan fingerprint density at radius 3 is 2.53 bits per heavy atom. The van der Waals surface area contributed by atoms with E-state index in [4.69, 9.17) is 14.8 Å². The van der Waals surface area contributed by atoms with E-state index in [0.29, 0.717) is 23.1 Å². The summed E-state index contributed by atoms with van der Waals surface area (Å²) in [7, 11) is 0. The lowest BCUT2D eigenvalue weighted by Crippen LogP contribution is -1.85. The Morgan fingerprint density at radius 1 is 1.00 bits per heavy atom. The quantitative estimate of drug-likeness (QED) is 0.674. The van der Waals surface area contributed by atoms with Crippen molar-refractivity contribution in [1.82, 2.24) is 15.3 Å². The van der Waals surface area contributed by atoms with E-state index in [0.717, 1.165) is 5.56 Å². The van der Waals surface area contributed by atoms with Crippen LogP contribution in [0.2, 0.25) is 0 Å². The van der Waals surface area contributed by atoms with Crippen LogP contribution in [-0.4, -0.2) is 15.3 Å². The molecule has 1 aromatic carbocycles. The molecule has 0 bridgehead atoms. The molecule has 0 aliphatic carbocycles. The lowest BCUT2D eigenvalue weighted by molar-refractivity contribution is 0.405. The normalized spacial score (nSPS) is 10.6. The molecule has 0 fully saturated rings. The van der Waals surface area contributed by atoms with Crippen molar-refractivity contribution in [3.8, 4) is 23.0 Å². The number of aromatic nitrogens is 3. The highest BCUT2D eigenvalue weighted by Crippen LogP contribution is 2.21. The van der Waals surface area contributed by atoms with Gasteiger partial charge in [-0.1, -0.05) is 10.3 Å². The molecule has 3 rings (SSSR count). The highest BCUT2D eigenvalue weighted by Gasteiger charge is 2.12. The minimum absolute atomic E-state index is 0.325. The number of anilines is 1. The van der Waals surface area contributed by atoms with Gasteiger partial charge >= 0.3 is 0 Å². The van der Waals surface area contributed by atoms with Gasteiger partial charge in [-0.2, -0.15) is 4.98 Å². The smallest absolute Gasteiger partial charge is 0.280 e. The molecule has 0 unspecified atom stereocenters. The van der Waals surface area contributed by atoms with E-state index in [1.165, 1.54) is 6.26 Å². The van der Waals surface area contributed by atoms with Gasteiger partial charge in [0.1, 0.15) is 6.26 Å². The summed E-state index contributed by atoms with van der Waals surface area (Å²) in [5, 5.41) is 7.58. The van der Waals surface area contributed by atoms with E-state index in [2.05, 4.69) is 15.3 Å². The average molecular weight is 228 g/mol. The van der Waals surface area contributed by atoms with Crippen molar-refractivity contribution in [2.24, 2.45) is 0 Å². The van der Waals surface area contributed by atoms with Gasteiger partial charge in [-0.15, -0.1) is 0 Å². The van der Waals surface area contributed by atoms with Gasteiger partial charge in [-0.3, -0.25) is 0 Å². The van der Waals surface area contributed by atoms with Crippen LogP contribution in [0.25, 0.3) is 23.0 Å². The molecular weight excluding hydrogens is 220 g/mol. The van der Waals surface area contributed by atoms with Gasteiger partial charge in [0.2, 0.25) is 5.82 Å². The molecule has 0 aliphatic heterocycles. The third-order valence-corrected chi connectivity index (χ3v) is 2.25. The van der Waals surface area contributed by atoms with Crippen LogP contribution in [-0.2, 0) is 0 Å². The van der Waals surface area contributed by atoms with Gasteiger partial charge in [-0.05, 0) is 24.3 Å². The van der Waals surface area contributed by atoms with Gasteiger partial charge in [0.15, 0.2) is 5.69 Å². The first-order valence-electron chi connectivity index (χ1n) is 4.93. The van der Waals surface area contributed by atoms with Crippen molar-refractivity contribution in [3.63, 3.8) is 0 Å². The van der Waals surface area contributed by atoms with Crippen LogP contribution in [0.15, 0.2) is 45.6 Å². The van der Waals surface area contributed by atoms with E-state index in [1.54, 1.807) is 18.2 Å². The van der Waals surface area contributed by atoms with Crippen molar-refractivity contribution in [3.05, 3.63) is 36.6 Å². The number of rotatable bonds is 2.